The molecule has 0 spiro atoms. The third-order valence-electron chi connectivity index (χ3n) is 3.20. The fraction of sp³-hybridized carbons (Fsp3) is 0.400. The SMILES string of the molecule is CCCN(CC(F)(F)F)c1cc(CN)c2ccccc2n1. The number of benzene rings is 1. The summed E-state index contributed by atoms with van der Waals surface area (Å²) in [6.07, 6.45) is -3.64. The van der Waals surface area contributed by atoms with Crippen LogP contribution in [0.25, 0.3) is 10.9 Å². The first-order valence-electron chi connectivity index (χ1n) is 6.85. The molecule has 2 aromatic rings. The van der Waals surface area contributed by atoms with E-state index in [0.717, 1.165) is 10.9 Å². The normalized spacial score (nSPS) is 11.9. The number of rotatable bonds is 5. The van der Waals surface area contributed by atoms with Gasteiger partial charge in [0.05, 0.1) is 5.52 Å². The van der Waals surface area contributed by atoms with Gasteiger partial charge in [-0.25, -0.2) is 4.98 Å². The van der Waals surface area contributed by atoms with Gasteiger partial charge in [-0.05, 0) is 24.1 Å². The molecule has 0 aliphatic rings. The van der Waals surface area contributed by atoms with Crippen LogP contribution in [0.2, 0.25) is 0 Å². The van der Waals surface area contributed by atoms with Crippen molar-refractivity contribution in [3.63, 3.8) is 0 Å². The first-order valence-corrected chi connectivity index (χ1v) is 6.85. The molecule has 0 saturated carbocycles. The molecule has 1 aromatic carbocycles. The van der Waals surface area contributed by atoms with E-state index in [2.05, 4.69) is 4.98 Å². The summed E-state index contributed by atoms with van der Waals surface area (Å²) in [6.45, 7) is 1.40. The number of halogens is 3. The summed E-state index contributed by atoms with van der Waals surface area (Å²) in [5.74, 6) is 0.327. The summed E-state index contributed by atoms with van der Waals surface area (Å²) in [5.41, 5.74) is 7.19. The van der Waals surface area contributed by atoms with E-state index >= 15 is 0 Å². The Morgan fingerprint density at radius 2 is 1.95 bits per heavy atom. The quantitative estimate of drug-likeness (QED) is 0.919. The highest BCUT2D eigenvalue weighted by Gasteiger charge is 2.31. The number of anilines is 1. The van der Waals surface area contributed by atoms with Crippen molar-refractivity contribution in [1.29, 1.82) is 0 Å². The second kappa shape index (κ2) is 6.30. The average Bonchev–Trinajstić information content (AvgIpc) is 2.44. The maximum absolute atomic E-state index is 12.7. The zero-order chi connectivity index (χ0) is 15.5. The Hall–Kier alpha value is -1.82. The summed E-state index contributed by atoms with van der Waals surface area (Å²) < 4.78 is 38.2. The molecule has 0 aliphatic carbocycles. The van der Waals surface area contributed by atoms with E-state index in [9.17, 15) is 13.2 Å². The van der Waals surface area contributed by atoms with E-state index in [1.165, 1.54) is 4.90 Å². The van der Waals surface area contributed by atoms with Crippen LogP contribution in [0.5, 0.6) is 0 Å². The molecule has 3 nitrogen and oxygen atoms in total. The van der Waals surface area contributed by atoms with Crippen molar-refractivity contribution >= 4 is 16.7 Å². The van der Waals surface area contributed by atoms with E-state index in [-0.39, 0.29) is 6.54 Å². The molecule has 6 heteroatoms. The van der Waals surface area contributed by atoms with Gasteiger partial charge in [-0.3, -0.25) is 0 Å². The highest BCUT2D eigenvalue weighted by atomic mass is 19.4. The minimum absolute atomic E-state index is 0.266. The van der Waals surface area contributed by atoms with E-state index in [1.54, 1.807) is 12.1 Å². The van der Waals surface area contributed by atoms with Crippen molar-refractivity contribution in [2.45, 2.75) is 26.1 Å². The first-order chi connectivity index (χ1) is 9.94. The van der Waals surface area contributed by atoms with Crippen LogP contribution >= 0.6 is 0 Å². The summed E-state index contributed by atoms with van der Waals surface area (Å²) in [6, 6.07) is 9.00. The second-order valence-corrected chi connectivity index (χ2v) is 4.90. The number of hydrogen-bond acceptors (Lipinski definition) is 3. The average molecular weight is 297 g/mol. The van der Waals surface area contributed by atoms with Crippen LogP contribution < -0.4 is 10.6 Å². The molecule has 1 heterocycles. The second-order valence-electron chi connectivity index (χ2n) is 4.90. The Bertz CT molecular complexity index is 611. The van der Waals surface area contributed by atoms with Crippen LogP contribution in [-0.2, 0) is 6.54 Å². The topological polar surface area (TPSA) is 42.1 Å². The summed E-state index contributed by atoms with van der Waals surface area (Å²) in [4.78, 5) is 5.61. The number of para-hydroxylation sites is 1. The summed E-state index contributed by atoms with van der Waals surface area (Å²) >= 11 is 0. The third kappa shape index (κ3) is 3.85. The molecule has 0 aliphatic heterocycles. The van der Waals surface area contributed by atoms with E-state index in [1.807, 2.05) is 25.1 Å². The third-order valence-corrected chi connectivity index (χ3v) is 3.20. The Morgan fingerprint density at radius 1 is 1.24 bits per heavy atom. The molecular weight excluding hydrogens is 279 g/mol. The van der Waals surface area contributed by atoms with Crippen molar-refractivity contribution < 1.29 is 13.2 Å². The van der Waals surface area contributed by atoms with E-state index in [4.69, 9.17) is 5.73 Å². The molecule has 114 valence electrons. The maximum atomic E-state index is 12.7. The highest BCUT2D eigenvalue weighted by Crippen LogP contribution is 2.26. The van der Waals surface area contributed by atoms with Gasteiger partial charge in [0.1, 0.15) is 12.4 Å². The molecule has 0 saturated heterocycles. The zero-order valence-corrected chi connectivity index (χ0v) is 11.8. The predicted molar refractivity (Wildman–Crippen MR) is 78.2 cm³/mol. The molecule has 0 radical (unpaired) electrons. The number of aromatic nitrogens is 1. The van der Waals surface area contributed by atoms with Crippen LogP contribution in [0.15, 0.2) is 30.3 Å². The monoisotopic (exact) mass is 297 g/mol. The van der Waals surface area contributed by atoms with Crippen molar-refractivity contribution in [2.75, 3.05) is 18.0 Å². The Morgan fingerprint density at radius 3 is 2.57 bits per heavy atom. The van der Waals surface area contributed by atoms with Crippen LogP contribution in [0.1, 0.15) is 18.9 Å². The molecule has 0 fully saturated rings. The molecule has 21 heavy (non-hydrogen) atoms. The maximum Gasteiger partial charge on any atom is 0.405 e. The number of nitrogens with two attached hydrogens (primary N) is 1. The van der Waals surface area contributed by atoms with Gasteiger partial charge in [0.15, 0.2) is 0 Å². The van der Waals surface area contributed by atoms with E-state index < -0.39 is 12.7 Å². The fourth-order valence-corrected chi connectivity index (χ4v) is 2.32. The van der Waals surface area contributed by atoms with Gasteiger partial charge in [0.25, 0.3) is 0 Å². The van der Waals surface area contributed by atoms with Gasteiger partial charge >= 0.3 is 6.18 Å². The van der Waals surface area contributed by atoms with Gasteiger partial charge in [-0.15, -0.1) is 0 Å². The smallest absolute Gasteiger partial charge is 0.347 e. The zero-order valence-electron chi connectivity index (χ0n) is 11.8. The lowest BCUT2D eigenvalue weighted by molar-refractivity contribution is -0.119. The molecule has 2 rings (SSSR count). The molecule has 0 bridgehead atoms. The number of hydrogen-bond donors (Lipinski definition) is 1. The number of alkyl halides is 3. The number of nitrogens with zero attached hydrogens (tertiary/aromatic N) is 2. The van der Waals surface area contributed by atoms with Crippen LogP contribution in [0, 0.1) is 0 Å². The fourth-order valence-electron chi connectivity index (χ4n) is 2.32. The van der Waals surface area contributed by atoms with Crippen LogP contribution in [-0.4, -0.2) is 24.2 Å². The molecule has 1 aromatic heterocycles. The van der Waals surface area contributed by atoms with E-state index in [0.29, 0.717) is 24.3 Å². The minimum atomic E-state index is -4.26. The molecule has 0 amide bonds. The number of pyridine rings is 1. The van der Waals surface area contributed by atoms with Gasteiger partial charge in [-0.2, -0.15) is 13.2 Å². The molecule has 0 unspecified atom stereocenters. The lowest BCUT2D eigenvalue weighted by Gasteiger charge is -2.25. The predicted octanol–water partition coefficient (Wildman–Crippen LogP) is 3.47. The minimum Gasteiger partial charge on any atom is -0.347 e. The lowest BCUT2D eigenvalue weighted by atomic mass is 10.1. The van der Waals surface area contributed by atoms with Crippen molar-refractivity contribution in [3.05, 3.63) is 35.9 Å². The molecule has 0 atom stereocenters. The van der Waals surface area contributed by atoms with Gasteiger partial charge in [0, 0.05) is 18.5 Å². The van der Waals surface area contributed by atoms with Gasteiger partial charge in [-0.1, -0.05) is 25.1 Å². The largest absolute Gasteiger partial charge is 0.405 e. The Kier molecular flexibility index (Phi) is 4.67. The number of fused-ring (bicyclic) bond motifs is 1. The molecule has 2 N–H and O–H groups in total. The first kappa shape index (κ1) is 15.6. The lowest BCUT2D eigenvalue weighted by Crippen LogP contribution is -2.35. The van der Waals surface area contributed by atoms with Gasteiger partial charge < -0.3 is 10.6 Å². The van der Waals surface area contributed by atoms with Gasteiger partial charge in [0.2, 0.25) is 0 Å². The Labute approximate surface area is 121 Å². The standard InChI is InChI=1S/C15H18F3N3/c1-2-7-21(10-15(16,17)18)14-8-11(9-19)12-5-3-4-6-13(12)20-14/h3-6,8H,2,7,9-10,19H2,1H3. The molecular formula is C15H18F3N3. The van der Waals surface area contributed by atoms with Crippen molar-refractivity contribution in [3.8, 4) is 0 Å². The highest BCUT2D eigenvalue weighted by molar-refractivity contribution is 5.84. The summed E-state index contributed by atoms with van der Waals surface area (Å²) in [5, 5.41) is 0.882. The van der Waals surface area contributed by atoms with Crippen LogP contribution in [0.4, 0.5) is 19.0 Å². The van der Waals surface area contributed by atoms with Crippen LogP contribution in [0.3, 0.4) is 0 Å². The van der Waals surface area contributed by atoms with Crippen molar-refractivity contribution in [1.82, 2.24) is 4.98 Å². The Balaban J connectivity index is 2.47. The summed E-state index contributed by atoms with van der Waals surface area (Å²) in [7, 11) is 0. The van der Waals surface area contributed by atoms with Crippen molar-refractivity contribution in [2.24, 2.45) is 5.73 Å².